The zero-order valence-corrected chi connectivity index (χ0v) is 18.5. The molecule has 0 spiro atoms. The normalized spacial score (nSPS) is 17.9. The topological polar surface area (TPSA) is 118 Å². The van der Waals surface area contributed by atoms with Crippen LogP contribution in [0.5, 0.6) is 5.88 Å². The second-order valence-corrected chi connectivity index (χ2v) is 8.20. The van der Waals surface area contributed by atoms with Gasteiger partial charge in [0.15, 0.2) is 0 Å². The van der Waals surface area contributed by atoms with E-state index in [9.17, 15) is 14.4 Å². The number of rotatable bonds is 8. The van der Waals surface area contributed by atoms with E-state index in [1.807, 2.05) is 6.92 Å². The highest BCUT2D eigenvalue weighted by molar-refractivity contribution is 6.31. The lowest BCUT2D eigenvalue weighted by Gasteiger charge is -2.26. The average molecular weight is 460 g/mol. The summed E-state index contributed by atoms with van der Waals surface area (Å²) in [5.41, 5.74) is 1.71. The summed E-state index contributed by atoms with van der Waals surface area (Å²) in [6.07, 6.45) is 3.89. The number of carbonyl (C=O) groups excluding carboxylic acids is 2. The number of nitrogens with zero attached hydrogens (tertiary/aromatic N) is 1. The highest BCUT2D eigenvalue weighted by atomic mass is 35.5. The first-order chi connectivity index (χ1) is 15.3. The van der Waals surface area contributed by atoms with Crippen LogP contribution in [0.4, 0.5) is 0 Å². The summed E-state index contributed by atoms with van der Waals surface area (Å²) < 4.78 is 5.81. The molecule has 9 heteroatoms. The van der Waals surface area contributed by atoms with Crippen molar-refractivity contribution in [2.75, 3.05) is 13.1 Å². The number of aryl methyl sites for hydroxylation is 1. The number of amides is 2. The molecule has 0 radical (unpaired) electrons. The number of ether oxygens (including phenoxy) is 1. The Kier molecular flexibility index (Phi) is 8.05. The Morgan fingerprint density at radius 1 is 1.03 bits per heavy atom. The maximum Gasteiger partial charge on any atom is 0.306 e. The molecular weight excluding hydrogens is 434 g/mol. The fourth-order valence-electron chi connectivity index (χ4n) is 3.52. The van der Waals surface area contributed by atoms with Gasteiger partial charge in [-0.05, 0) is 62.4 Å². The maximum atomic E-state index is 12.3. The van der Waals surface area contributed by atoms with E-state index >= 15 is 0 Å². The lowest BCUT2D eigenvalue weighted by molar-refractivity contribution is -0.143. The van der Waals surface area contributed by atoms with E-state index in [1.165, 1.54) is 6.20 Å². The van der Waals surface area contributed by atoms with Crippen molar-refractivity contribution in [3.63, 3.8) is 0 Å². The predicted molar refractivity (Wildman–Crippen MR) is 119 cm³/mol. The van der Waals surface area contributed by atoms with Crippen molar-refractivity contribution in [1.82, 2.24) is 15.6 Å². The standard InChI is InChI=1S/C23H26ClN3O5/c1-14-12-16(4-8-19(14)24)21(28)25-10-11-26-22(29)17-5-9-20(27-13-17)32-18-6-2-15(3-7-18)23(30)31/h4-5,8-9,12-13,15,18H,2-3,6-7,10-11H2,1H3,(H,25,28)(H,26,29)(H,30,31). The van der Waals surface area contributed by atoms with Gasteiger partial charge in [0, 0.05) is 35.9 Å². The summed E-state index contributed by atoms with van der Waals surface area (Å²) in [7, 11) is 0. The molecule has 0 aliphatic heterocycles. The maximum absolute atomic E-state index is 12.3. The van der Waals surface area contributed by atoms with Gasteiger partial charge in [-0.15, -0.1) is 0 Å². The fourth-order valence-corrected chi connectivity index (χ4v) is 3.64. The summed E-state index contributed by atoms with van der Waals surface area (Å²) >= 11 is 5.97. The van der Waals surface area contributed by atoms with Crippen molar-refractivity contribution >= 4 is 29.4 Å². The molecule has 3 rings (SSSR count). The second kappa shape index (κ2) is 10.9. The van der Waals surface area contributed by atoms with Gasteiger partial charge in [-0.2, -0.15) is 0 Å². The minimum atomic E-state index is -0.753. The van der Waals surface area contributed by atoms with Gasteiger partial charge in [-0.25, -0.2) is 4.98 Å². The number of hydrogen-bond acceptors (Lipinski definition) is 5. The summed E-state index contributed by atoms with van der Waals surface area (Å²) in [6.45, 7) is 2.37. The van der Waals surface area contributed by atoms with Gasteiger partial charge in [0.05, 0.1) is 11.5 Å². The zero-order valence-electron chi connectivity index (χ0n) is 17.8. The van der Waals surface area contributed by atoms with Crippen LogP contribution in [-0.2, 0) is 4.79 Å². The van der Waals surface area contributed by atoms with Crippen LogP contribution in [0.2, 0.25) is 5.02 Å². The Balaban J connectivity index is 1.39. The first-order valence-corrected chi connectivity index (χ1v) is 10.9. The summed E-state index contributed by atoms with van der Waals surface area (Å²) in [6, 6.07) is 8.28. The lowest BCUT2D eigenvalue weighted by Crippen LogP contribution is -2.34. The molecule has 1 aliphatic carbocycles. The number of pyridine rings is 1. The fraction of sp³-hybridized carbons (Fsp3) is 0.391. The number of aliphatic carboxylic acids is 1. The molecule has 1 fully saturated rings. The van der Waals surface area contributed by atoms with E-state index in [1.54, 1.807) is 30.3 Å². The molecule has 1 heterocycles. The zero-order chi connectivity index (χ0) is 23.1. The number of nitrogens with one attached hydrogen (secondary N) is 2. The Labute approximate surface area is 191 Å². The molecule has 0 atom stereocenters. The molecule has 32 heavy (non-hydrogen) atoms. The first-order valence-electron chi connectivity index (χ1n) is 10.5. The van der Waals surface area contributed by atoms with E-state index in [-0.39, 0.29) is 36.9 Å². The molecule has 170 valence electrons. The van der Waals surface area contributed by atoms with Crippen LogP contribution in [-0.4, -0.2) is 47.1 Å². The number of benzene rings is 1. The summed E-state index contributed by atoms with van der Waals surface area (Å²) in [5, 5.41) is 15.1. The molecule has 3 N–H and O–H groups in total. The Morgan fingerprint density at radius 2 is 1.66 bits per heavy atom. The number of halogens is 1. The highest BCUT2D eigenvalue weighted by Crippen LogP contribution is 2.27. The van der Waals surface area contributed by atoms with Crippen LogP contribution in [0.1, 0.15) is 52.0 Å². The highest BCUT2D eigenvalue weighted by Gasteiger charge is 2.27. The number of carboxylic acids is 1. The molecule has 2 aromatic rings. The van der Waals surface area contributed by atoms with Gasteiger partial charge in [0.2, 0.25) is 5.88 Å². The number of hydrogen-bond donors (Lipinski definition) is 3. The van der Waals surface area contributed by atoms with Crippen LogP contribution < -0.4 is 15.4 Å². The van der Waals surface area contributed by atoms with Gasteiger partial charge in [0.1, 0.15) is 6.10 Å². The lowest BCUT2D eigenvalue weighted by atomic mass is 9.87. The van der Waals surface area contributed by atoms with Gasteiger partial charge >= 0.3 is 5.97 Å². The Hall–Kier alpha value is -3.13. The largest absolute Gasteiger partial charge is 0.481 e. The quantitative estimate of drug-likeness (QED) is 0.522. The molecule has 1 aromatic carbocycles. The van der Waals surface area contributed by atoms with Crippen LogP contribution in [0.25, 0.3) is 0 Å². The van der Waals surface area contributed by atoms with Gasteiger partial charge in [0.25, 0.3) is 11.8 Å². The van der Waals surface area contributed by atoms with Crippen molar-refractivity contribution in [3.8, 4) is 5.88 Å². The van der Waals surface area contributed by atoms with Crippen molar-refractivity contribution in [2.24, 2.45) is 5.92 Å². The third kappa shape index (κ3) is 6.43. The van der Waals surface area contributed by atoms with Crippen LogP contribution in [0.3, 0.4) is 0 Å². The Morgan fingerprint density at radius 3 is 2.22 bits per heavy atom. The monoisotopic (exact) mass is 459 g/mol. The van der Waals surface area contributed by atoms with E-state index in [0.717, 1.165) is 5.56 Å². The van der Waals surface area contributed by atoms with Crippen molar-refractivity contribution in [3.05, 3.63) is 58.2 Å². The van der Waals surface area contributed by atoms with Crippen LogP contribution in [0.15, 0.2) is 36.5 Å². The SMILES string of the molecule is Cc1cc(C(=O)NCCNC(=O)c2ccc(OC3CCC(C(=O)O)CC3)nc2)ccc1Cl. The number of carboxylic acid groups (broad SMARTS) is 1. The van der Waals surface area contributed by atoms with Crippen molar-refractivity contribution in [1.29, 1.82) is 0 Å². The first kappa shape index (κ1) is 23.5. The number of carbonyl (C=O) groups is 3. The summed E-state index contributed by atoms with van der Waals surface area (Å²) in [5.74, 6) is -1.18. The minimum absolute atomic E-state index is 0.0641. The predicted octanol–water partition coefficient (Wildman–Crippen LogP) is 3.23. The molecule has 8 nitrogen and oxygen atoms in total. The molecule has 1 aromatic heterocycles. The molecule has 0 saturated heterocycles. The molecule has 1 aliphatic rings. The minimum Gasteiger partial charge on any atom is -0.481 e. The third-order valence-electron chi connectivity index (χ3n) is 5.43. The van der Waals surface area contributed by atoms with Gasteiger partial charge in [-0.3, -0.25) is 14.4 Å². The smallest absolute Gasteiger partial charge is 0.306 e. The van der Waals surface area contributed by atoms with Crippen molar-refractivity contribution < 1.29 is 24.2 Å². The molecule has 1 saturated carbocycles. The van der Waals surface area contributed by atoms with E-state index in [4.69, 9.17) is 21.4 Å². The molecule has 0 unspecified atom stereocenters. The second-order valence-electron chi connectivity index (χ2n) is 7.79. The average Bonchev–Trinajstić information content (AvgIpc) is 2.79. The molecule has 0 bridgehead atoms. The molecule has 2 amide bonds. The van der Waals surface area contributed by atoms with E-state index in [2.05, 4.69) is 15.6 Å². The van der Waals surface area contributed by atoms with Crippen LogP contribution in [0, 0.1) is 12.8 Å². The van der Waals surface area contributed by atoms with E-state index < -0.39 is 5.97 Å². The number of aromatic nitrogens is 1. The Bertz CT molecular complexity index is 972. The van der Waals surface area contributed by atoms with Crippen molar-refractivity contribution in [2.45, 2.75) is 38.7 Å². The van der Waals surface area contributed by atoms with Gasteiger partial charge < -0.3 is 20.5 Å². The van der Waals surface area contributed by atoms with E-state index in [0.29, 0.717) is 47.7 Å². The third-order valence-corrected chi connectivity index (χ3v) is 5.85. The van der Waals surface area contributed by atoms with Crippen LogP contribution >= 0.6 is 11.6 Å². The molecular formula is C23H26ClN3O5. The summed E-state index contributed by atoms with van der Waals surface area (Å²) in [4.78, 5) is 39.6. The van der Waals surface area contributed by atoms with Gasteiger partial charge in [-0.1, -0.05) is 11.6 Å².